The Kier molecular flexibility index (Phi) is 6.38. The number of benzene rings is 2. The first-order valence-corrected chi connectivity index (χ1v) is 8.20. The van der Waals surface area contributed by atoms with Crippen LogP contribution in [-0.4, -0.2) is 11.8 Å². The molecule has 0 spiro atoms. The molecule has 2 atom stereocenters. The molecule has 0 saturated heterocycles. The van der Waals surface area contributed by atoms with Crippen molar-refractivity contribution < 1.29 is 9.59 Å². The minimum absolute atomic E-state index is 0.101. The Bertz CT molecular complexity index is 704. The molecule has 0 aromatic heterocycles. The maximum absolute atomic E-state index is 12.4. The standard InChI is InChI=1S/C19H21ClN2O2/c1-13(15-7-4-3-5-8-15)21-19(24)12-18(22-14(2)23)16-9-6-10-17(20)11-16/h3-11,13,18H,12H2,1-2H3,(H,21,24)(H,22,23). The second kappa shape index (κ2) is 8.50. The van der Waals surface area contributed by atoms with E-state index < -0.39 is 6.04 Å². The summed E-state index contributed by atoms with van der Waals surface area (Å²) in [6.45, 7) is 3.36. The van der Waals surface area contributed by atoms with E-state index >= 15 is 0 Å². The van der Waals surface area contributed by atoms with Gasteiger partial charge in [0.25, 0.3) is 0 Å². The van der Waals surface area contributed by atoms with E-state index in [0.717, 1.165) is 11.1 Å². The van der Waals surface area contributed by atoms with Gasteiger partial charge in [0.15, 0.2) is 0 Å². The van der Waals surface area contributed by atoms with Crippen LogP contribution in [0.3, 0.4) is 0 Å². The van der Waals surface area contributed by atoms with Gasteiger partial charge >= 0.3 is 0 Å². The Balaban J connectivity index is 2.06. The Hall–Kier alpha value is -2.33. The third-order valence-corrected chi connectivity index (χ3v) is 3.93. The average Bonchev–Trinajstić information content (AvgIpc) is 2.54. The summed E-state index contributed by atoms with van der Waals surface area (Å²) in [6.07, 6.45) is 0.150. The van der Waals surface area contributed by atoms with Crippen molar-refractivity contribution in [1.29, 1.82) is 0 Å². The molecule has 2 aromatic rings. The molecular weight excluding hydrogens is 324 g/mol. The maximum Gasteiger partial charge on any atom is 0.222 e. The molecule has 2 N–H and O–H groups in total. The molecule has 0 aliphatic carbocycles. The summed E-state index contributed by atoms with van der Waals surface area (Å²) >= 11 is 6.01. The number of hydrogen-bond acceptors (Lipinski definition) is 2. The van der Waals surface area contributed by atoms with Crippen LogP contribution in [0.5, 0.6) is 0 Å². The van der Waals surface area contributed by atoms with Crippen LogP contribution < -0.4 is 10.6 Å². The third-order valence-electron chi connectivity index (χ3n) is 3.70. The first kappa shape index (κ1) is 18.0. The highest BCUT2D eigenvalue weighted by atomic mass is 35.5. The van der Waals surface area contributed by atoms with Crippen molar-refractivity contribution >= 4 is 23.4 Å². The maximum atomic E-state index is 12.4. The number of carbonyl (C=O) groups is 2. The highest BCUT2D eigenvalue weighted by Gasteiger charge is 2.19. The van der Waals surface area contributed by atoms with Gasteiger partial charge in [-0.1, -0.05) is 54.1 Å². The Labute approximate surface area is 147 Å². The number of hydrogen-bond donors (Lipinski definition) is 2. The second-order valence-electron chi connectivity index (χ2n) is 5.71. The molecule has 2 unspecified atom stereocenters. The Morgan fingerprint density at radius 2 is 1.67 bits per heavy atom. The van der Waals surface area contributed by atoms with E-state index in [1.165, 1.54) is 6.92 Å². The lowest BCUT2D eigenvalue weighted by molar-refractivity contribution is -0.123. The van der Waals surface area contributed by atoms with Crippen LogP contribution in [-0.2, 0) is 9.59 Å². The zero-order chi connectivity index (χ0) is 17.5. The Morgan fingerprint density at radius 1 is 1.00 bits per heavy atom. The van der Waals surface area contributed by atoms with Gasteiger partial charge in [0.1, 0.15) is 0 Å². The van der Waals surface area contributed by atoms with Crippen molar-refractivity contribution in [1.82, 2.24) is 10.6 Å². The summed E-state index contributed by atoms with van der Waals surface area (Å²) in [5.74, 6) is -0.325. The number of halogens is 1. The molecule has 0 heterocycles. The highest BCUT2D eigenvalue weighted by Crippen LogP contribution is 2.21. The zero-order valence-corrected chi connectivity index (χ0v) is 14.5. The van der Waals surface area contributed by atoms with E-state index in [2.05, 4.69) is 10.6 Å². The topological polar surface area (TPSA) is 58.2 Å². The molecule has 5 heteroatoms. The lowest BCUT2D eigenvalue weighted by Gasteiger charge is -2.20. The van der Waals surface area contributed by atoms with Crippen molar-refractivity contribution in [3.8, 4) is 0 Å². The van der Waals surface area contributed by atoms with Gasteiger partial charge in [-0.2, -0.15) is 0 Å². The normalized spacial score (nSPS) is 13.0. The van der Waals surface area contributed by atoms with Gasteiger partial charge in [0, 0.05) is 11.9 Å². The predicted octanol–water partition coefficient (Wildman–Crippen LogP) is 3.78. The highest BCUT2D eigenvalue weighted by molar-refractivity contribution is 6.30. The zero-order valence-electron chi connectivity index (χ0n) is 13.8. The van der Waals surface area contributed by atoms with E-state index in [4.69, 9.17) is 11.6 Å². The molecule has 24 heavy (non-hydrogen) atoms. The quantitative estimate of drug-likeness (QED) is 0.837. The fourth-order valence-corrected chi connectivity index (χ4v) is 2.73. The molecule has 0 aliphatic rings. The van der Waals surface area contributed by atoms with Crippen LogP contribution in [0.4, 0.5) is 0 Å². The van der Waals surface area contributed by atoms with Gasteiger partial charge in [-0.15, -0.1) is 0 Å². The SMILES string of the molecule is CC(=O)NC(CC(=O)NC(C)c1ccccc1)c1cccc(Cl)c1. The van der Waals surface area contributed by atoms with E-state index in [9.17, 15) is 9.59 Å². The molecule has 0 bridgehead atoms. The molecule has 0 saturated carbocycles. The summed E-state index contributed by atoms with van der Waals surface area (Å²) in [4.78, 5) is 23.8. The monoisotopic (exact) mass is 344 g/mol. The summed E-state index contributed by atoms with van der Waals surface area (Å²) in [5, 5.41) is 6.34. The minimum atomic E-state index is -0.413. The molecule has 0 fully saturated rings. The number of carbonyl (C=O) groups excluding carboxylic acids is 2. The van der Waals surface area contributed by atoms with Crippen LogP contribution in [0.1, 0.15) is 43.5 Å². The van der Waals surface area contributed by atoms with Crippen molar-refractivity contribution in [3.63, 3.8) is 0 Å². The largest absolute Gasteiger partial charge is 0.350 e. The lowest BCUT2D eigenvalue weighted by Crippen LogP contribution is -2.33. The molecule has 0 aliphatic heterocycles. The summed E-state index contributed by atoms with van der Waals surface area (Å²) in [5.41, 5.74) is 1.84. The van der Waals surface area contributed by atoms with E-state index in [-0.39, 0.29) is 24.3 Å². The second-order valence-corrected chi connectivity index (χ2v) is 6.15. The first-order valence-electron chi connectivity index (χ1n) is 7.82. The number of nitrogens with one attached hydrogen (secondary N) is 2. The number of rotatable bonds is 6. The van der Waals surface area contributed by atoms with Crippen LogP contribution in [0.15, 0.2) is 54.6 Å². The van der Waals surface area contributed by atoms with E-state index in [1.54, 1.807) is 18.2 Å². The fraction of sp³-hybridized carbons (Fsp3) is 0.263. The first-order chi connectivity index (χ1) is 11.5. The molecule has 126 valence electrons. The summed E-state index contributed by atoms with van der Waals surface area (Å²) in [7, 11) is 0. The van der Waals surface area contributed by atoms with Crippen LogP contribution in [0.25, 0.3) is 0 Å². The van der Waals surface area contributed by atoms with E-state index in [0.29, 0.717) is 5.02 Å². The molecular formula is C19H21ClN2O2. The van der Waals surface area contributed by atoms with Gasteiger partial charge in [-0.05, 0) is 30.2 Å². The lowest BCUT2D eigenvalue weighted by atomic mass is 10.0. The van der Waals surface area contributed by atoms with Crippen LogP contribution in [0, 0.1) is 0 Å². The molecule has 2 amide bonds. The van der Waals surface area contributed by atoms with Crippen LogP contribution >= 0.6 is 11.6 Å². The van der Waals surface area contributed by atoms with Crippen molar-refractivity contribution in [2.24, 2.45) is 0 Å². The third kappa shape index (κ3) is 5.39. The molecule has 2 rings (SSSR count). The van der Waals surface area contributed by atoms with Gasteiger partial charge in [0.2, 0.25) is 11.8 Å². The molecule has 2 aromatic carbocycles. The van der Waals surface area contributed by atoms with Gasteiger partial charge in [-0.25, -0.2) is 0 Å². The van der Waals surface area contributed by atoms with Crippen LogP contribution in [0.2, 0.25) is 5.02 Å². The van der Waals surface area contributed by atoms with E-state index in [1.807, 2.05) is 43.3 Å². The minimum Gasteiger partial charge on any atom is -0.350 e. The Morgan fingerprint density at radius 3 is 2.29 bits per heavy atom. The molecule has 4 nitrogen and oxygen atoms in total. The molecule has 0 radical (unpaired) electrons. The van der Waals surface area contributed by atoms with Gasteiger partial charge < -0.3 is 10.6 Å². The fourth-order valence-electron chi connectivity index (χ4n) is 2.53. The average molecular weight is 345 g/mol. The predicted molar refractivity (Wildman–Crippen MR) is 95.6 cm³/mol. The van der Waals surface area contributed by atoms with Crippen molar-refractivity contribution in [3.05, 3.63) is 70.7 Å². The number of amides is 2. The van der Waals surface area contributed by atoms with Gasteiger partial charge in [0.05, 0.1) is 18.5 Å². The van der Waals surface area contributed by atoms with Crippen molar-refractivity contribution in [2.75, 3.05) is 0 Å². The van der Waals surface area contributed by atoms with Crippen molar-refractivity contribution in [2.45, 2.75) is 32.4 Å². The summed E-state index contributed by atoms with van der Waals surface area (Å²) < 4.78 is 0. The smallest absolute Gasteiger partial charge is 0.222 e. The van der Waals surface area contributed by atoms with Gasteiger partial charge in [-0.3, -0.25) is 9.59 Å². The summed E-state index contributed by atoms with van der Waals surface area (Å²) in [6, 6.07) is 16.4.